The molecule has 0 radical (unpaired) electrons. The summed E-state index contributed by atoms with van der Waals surface area (Å²) in [4.78, 5) is 12.6. The molecule has 2 heterocycles. The number of benzene rings is 1. The molecule has 0 bridgehead atoms. The summed E-state index contributed by atoms with van der Waals surface area (Å²) >= 11 is 0. The Balaban J connectivity index is 2.16. The van der Waals surface area contributed by atoms with Crippen molar-refractivity contribution in [1.82, 2.24) is 9.47 Å². The lowest BCUT2D eigenvalue weighted by molar-refractivity contribution is 0.222. The van der Waals surface area contributed by atoms with Gasteiger partial charge in [-0.2, -0.15) is 0 Å². The van der Waals surface area contributed by atoms with Crippen LogP contribution < -0.4 is 5.73 Å². The SMILES string of the molecule is NC(=O)N1C=Cn2c(cc3ccccc32)C1. The van der Waals surface area contributed by atoms with Crippen molar-refractivity contribution in [3.05, 3.63) is 42.2 Å². The van der Waals surface area contributed by atoms with Gasteiger partial charge in [0.15, 0.2) is 0 Å². The third-order valence-corrected chi connectivity index (χ3v) is 2.84. The lowest BCUT2D eigenvalue weighted by atomic mass is 10.2. The van der Waals surface area contributed by atoms with Crippen LogP contribution in [0.3, 0.4) is 0 Å². The van der Waals surface area contributed by atoms with Crippen molar-refractivity contribution in [2.45, 2.75) is 6.54 Å². The van der Waals surface area contributed by atoms with Gasteiger partial charge in [0.2, 0.25) is 0 Å². The van der Waals surface area contributed by atoms with Crippen LogP contribution in [0.15, 0.2) is 36.5 Å². The van der Waals surface area contributed by atoms with E-state index in [9.17, 15) is 4.79 Å². The van der Waals surface area contributed by atoms with E-state index in [1.165, 1.54) is 10.3 Å². The fourth-order valence-electron chi connectivity index (χ4n) is 2.06. The van der Waals surface area contributed by atoms with Gasteiger partial charge in [0, 0.05) is 23.5 Å². The smallest absolute Gasteiger partial charge is 0.319 e. The highest BCUT2D eigenvalue weighted by Crippen LogP contribution is 2.23. The quantitative estimate of drug-likeness (QED) is 0.714. The zero-order valence-electron chi connectivity index (χ0n) is 8.63. The van der Waals surface area contributed by atoms with Crippen LogP contribution in [0.1, 0.15) is 5.69 Å². The molecule has 0 unspecified atom stereocenters. The molecule has 4 nitrogen and oxygen atoms in total. The Morgan fingerprint density at radius 3 is 2.88 bits per heavy atom. The average molecular weight is 213 g/mol. The predicted molar refractivity (Wildman–Crippen MR) is 62.4 cm³/mol. The molecule has 0 saturated heterocycles. The lowest BCUT2D eigenvalue weighted by Gasteiger charge is -2.20. The van der Waals surface area contributed by atoms with Crippen LogP contribution >= 0.6 is 0 Å². The first-order valence-corrected chi connectivity index (χ1v) is 5.09. The molecule has 80 valence electrons. The standard InChI is InChI=1S/C12H11N3O/c13-12(16)14-5-6-15-10(8-14)7-9-3-1-2-4-11(9)15/h1-7H,8H2,(H2,13,16). The summed E-state index contributed by atoms with van der Waals surface area (Å²) in [5, 5.41) is 1.17. The molecule has 1 aliphatic rings. The number of nitrogens with zero attached hydrogens (tertiary/aromatic N) is 2. The van der Waals surface area contributed by atoms with Gasteiger partial charge in [-0.15, -0.1) is 0 Å². The average Bonchev–Trinajstić information content (AvgIpc) is 2.66. The van der Waals surface area contributed by atoms with Crippen molar-refractivity contribution in [2.75, 3.05) is 0 Å². The number of primary amides is 1. The van der Waals surface area contributed by atoms with E-state index in [0.29, 0.717) is 6.54 Å². The molecular formula is C12H11N3O. The van der Waals surface area contributed by atoms with Crippen LogP contribution in [0.4, 0.5) is 4.79 Å². The number of aromatic nitrogens is 1. The second kappa shape index (κ2) is 3.13. The normalized spacial score (nSPS) is 14.1. The van der Waals surface area contributed by atoms with Gasteiger partial charge in [0.1, 0.15) is 0 Å². The van der Waals surface area contributed by atoms with Gasteiger partial charge < -0.3 is 10.3 Å². The molecule has 1 aromatic carbocycles. The zero-order chi connectivity index (χ0) is 11.1. The Kier molecular flexibility index (Phi) is 1.77. The van der Waals surface area contributed by atoms with Crippen molar-refractivity contribution < 1.29 is 4.79 Å². The Morgan fingerprint density at radius 1 is 1.25 bits per heavy atom. The summed E-state index contributed by atoms with van der Waals surface area (Å²) in [5.74, 6) is 0. The maximum absolute atomic E-state index is 11.1. The molecule has 0 atom stereocenters. The molecule has 0 saturated carbocycles. The number of amides is 2. The molecular weight excluding hydrogens is 202 g/mol. The molecule has 1 aromatic heterocycles. The Morgan fingerprint density at radius 2 is 2.06 bits per heavy atom. The topological polar surface area (TPSA) is 51.3 Å². The zero-order valence-corrected chi connectivity index (χ0v) is 8.63. The summed E-state index contributed by atoms with van der Waals surface area (Å²) in [6.07, 6.45) is 3.58. The van der Waals surface area contributed by atoms with Gasteiger partial charge >= 0.3 is 6.03 Å². The van der Waals surface area contributed by atoms with Gasteiger partial charge in [-0.3, -0.25) is 4.90 Å². The molecule has 1 aliphatic heterocycles. The van der Waals surface area contributed by atoms with Crippen LogP contribution in [0.5, 0.6) is 0 Å². The first kappa shape index (κ1) is 9.03. The highest BCUT2D eigenvalue weighted by molar-refractivity contribution is 5.84. The van der Waals surface area contributed by atoms with Crippen molar-refractivity contribution >= 4 is 23.1 Å². The van der Waals surface area contributed by atoms with E-state index in [1.54, 1.807) is 6.20 Å². The minimum atomic E-state index is -0.423. The van der Waals surface area contributed by atoms with Crippen LogP contribution in [0.2, 0.25) is 0 Å². The van der Waals surface area contributed by atoms with E-state index in [-0.39, 0.29) is 0 Å². The molecule has 0 aliphatic carbocycles. The second-order valence-corrected chi connectivity index (χ2v) is 3.83. The molecule has 16 heavy (non-hydrogen) atoms. The fourth-order valence-corrected chi connectivity index (χ4v) is 2.06. The van der Waals surface area contributed by atoms with E-state index in [2.05, 4.69) is 22.8 Å². The van der Waals surface area contributed by atoms with Gasteiger partial charge in [-0.1, -0.05) is 18.2 Å². The van der Waals surface area contributed by atoms with Crippen LogP contribution in [-0.2, 0) is 6.54 Å². The van der Waals surface area contributed by atoms with Crippen LogP contribution in [-0.4, -0.2) is 15.5 Å². The highest BCUT2D eigenvalue weighted by atomic mass is 16.2. The number of fused-ring (bicyclic) bond motifs is 3. The summed E-state index contributed by atoms with van der Waals surface area (Å²) in [5.41, 5.74) is 7.47. The van der Waals surface area contributed by atoms with E-state index in [0.717, 1.165) is 11.2 Å². The van der Waals surface area contributed by atoms with E-state index in [4.69, 9.17) is 5.73 Å². The fraction of sp³-hybridized carbons (Fsp3) is 0.0833. The lowest BCUT2D eigenvalue weighted by Crippen LogP contribution is -2.32. The first-order valence-electron chi connectivity index (χ1n) is 5.09. The number of carbonyl (C=O) groups excluding carboxylic acids is 1. The third-order valence-electron chi connectivity index (χ3n) is 2.84. The summed E-state index contributed by atoms with van der Waals surface area (Å²) in [7, 11) is 0. The first-order chi connectivity index (χ1) is 7.75. The number of rotatable bonds is 0. The van der Waals surface area contributed by atoms with E-state index in [1.807, 2.05) is 18.3 Å². The Labute approximate surface area is 92.6 Å². The largest absolute Gasteiger partial charge is 0.351 e. The van der Waals surface area contributed by atoms with Gasteiger partial charge in [-0.25, -0.2) is 4.79 Å². The highest BCUT2D eigenvalue weighted by Gasteiger charge is 2.16. The molecule has 4 heteroatoms. The monoisotopic (exact) mass is 213 g/mol. The van der Waals surface area contributed by atoms with Crippen molar-refractivity contribution in [3.63, 3.8) is 0 Å². The second-order valence-electron chi connectivity index (χ2n) is 3.83. The number of hydrogen-bond donors (Lipinski definition) is 1. The van der Waals surface area contributed by atoms with Gasteiger partial charge in [0.25, 0.3) is 0 Å². The molecule has 2 N–H and O–H groups in total. The Bertz CT molecular complexity index is 597. The van der Waals surface area contributed by atoms with Crippen molar-refractivity contribution in [3.8, 4) is 0 Å². The molecule has 2 aromatic rings. The maximum Gasteiger partial charge on any atom is 0.319 e. The molecule has 0 fully saturated rings. The third kappa shape index (κ3) is 1.20. The number of para-hydroxylation sites is 1. The summed E-state index contributed by atoms with van der Waals surface area (Å²) < 4.78 is 2.08. The van der Waals surface area contributed by atoms with Crippen molar-refractivity contribution in [2.24, 2.45) is 5.73 Å². The van der Waals surface area contributed by atoms with Crippen LogP contribution in [0.25, 0.3) is 17.1 Å². The number of urea groups is 1. The predicted octanol–water partition coefficient (Wildman–Crippen LogP) is 1.96. The number of hydrogen-bond acceptors (Lipinski definition) is 1. The van der Waals surface area contributed by atoms with Crippen molar-refractivity contribution in [1.29, 1.82) is 0 Å². The van der Waals surface area contributed by atoms with Gasteiger partial charge in [0.05, 0.1) is 12.1 Å². The summed E-state index contributed by atoms with van der Waals surface area (Å²) in [6.45, 7) is 0.528. The van der Waals surface area contributed by atoms with E-state index >= 15 is 0 Å². The minimum Gasteiger partial charge on any atom is -0.351 e. The van der Waals surface area contributed by atoms with Crippen LogP contribution in [0, 0.1) is 0 Å². The summed E-state index contributed by atoms with van der Waals surface area (Å²) in [6, 6.07) is 9.78. The molecule has 0 spiro atoms. The van der Waals surface area contributed by atoms with Gasteiger partial charge in [-0.05, 0) is 12.1 Å². The Hall–Kier alpha value is -2.23. The van der Waals surface area contributed by atoms with E-state index < -0.39 is 6.03 Å². The molecule has 3 rings (SSSR count). The molecule has 2 amide bonds. The number of nitrogens with two attached hydrogens (primary N) is 1. The number of carbonyl (C=O) groups is 1. The maximum atomic E-state index is 11.1. The minimum absolute atomic E-state index is 0.423.